The molecule has 0 N–H and O–H groups in total. The first kappa shape index (κ1) is 15.5. The SMILES string of the molecule is COc1cccc(C(=O)N2CCC(n3cnnc3C(C)C)C2)c1. The minimum atomic E-state index is 0.0468. The fourth-order valence-electron chi connectivity index (χ4n) is 3.04. The van der Waals surface area contributed by atoms with E-state index in [0.29, 0.717) is 23.8 Å². The summed E-state index contributed by atoms with van der Waals surface area (Å²) in [6.07, 6.45) is 2.70. The molecule has 0 bridgehead atoms. The van der Waals surface area contributed by atoms with Gasteiger partial charge in [0.1, 0.15) is 17.9 Å². The van der Waals surface area contributed by atoms with Gasteiger partial charge in [-0.1, -0.05) is 19.9 Å². The number of benzene rings is 1. The maximum absolute atomic E-state index is 12.7. The van der Waals surface area contributed by atoms with E-state index in [9.17, 15) is 4.79 Å². The predicted octanol–water partition coefficient (Wildman–Crippen LogP) is 2.50. The minimum absolute atomic E-state index is 0.0468. The first-order valence-electron chi connectivity index (χ1n) is 7.93. The molecule has 23 heavy (non-hydrogen) atoms. The van der Waals surface area contributed by atoms with Crippen molar-refractivity contribution in [2.24, 2.45) is 0 Å². The van der Waals surface area contributed by atoms with Crippen molar-refractivity contribution in [1.29, 1.82) is 0 Å². The number of methoxy groups -OCH3 is 1. The number of hydrogen-bond donors (Lipinski definition) is 0. The summed E-state index contributed by atoms with van der Waals surface area (Å²) in [6.45, 7) is 5.65. The van der Waals surface area contributed by atoms with Crippen molar-refractivity contribution in [3.05, 3.63) is 42.0 Å². The van der Waals surface area contributed by atoms with E-state index < -0.39 is 0 Å². The summed E-state index contributed by atoms with van der Waals surface area (Å²) in [6, 6.07) is 7.55. The third-order valence-electron chi connectivity index (χ3n) is 4.28. The summed E-state index contributed by atoms with van der Waals surface area (Å²) in [7, 11) is 1.61. The molecular weight excluding hydrogens is 292 g/mol. The molecule has 1 aromatic carbocycles. The van der Waals surface area contributed by atoms with Crippen LogP contribution in [0.25, 0.3) is 0 Å². The van der Waals surface area contributed by atoms with Crippen molar-refractivity contribution in [3.63, 3.8) is 0 Å². The van der Waals surface area contributed by atoms with Gasteiger partial charge in [0.15, 0.2) is 0 Å². The zero-order valence-electron chi connectivity index (χ0n) is 13.8. The lowest BCUT2D eigenvalue weighted by atomic mass is 10.2. The maximum Gasteiger partial charge on any atom is 0.254 e. The monoisotopic (exact) mass is 314 g/mol. The number of likely N-dealkylation sites (tertiary alicyclic amines) is 1. The average molecular weight is 314 g/mol. The van der Waals surface area contributed by atoms with E-state index in [2.05, 4.69) is 28.6 Å². The lowest BCUT2D eigenvalue weighted by Gasteiger charge is -2.19. The van der Waals surface area contributed by atoms with Gasteiger partial charge in [-0.2, -0.15) is 0 Å². The molecular formula is C17H22N4O2. The molecule has 1 saturated heterocycles. The Kier molecular flexibility index (Phi) is 4.32. The highest BCUT2D eigenvalue weighted by molar-refractivity contribution is 5.94. The van der Waals surface area contributed by atoms with Gasteiger partial charge in [0.05, 0.1) is 13.2 Å². The topological polar surface area (TPSA) is 60.2 Å². The maximum atomic E-state index is 12.7. The van der Waals surface area contributed by atoms with Crippen LogP contribution in [0.5, 0.6) is 5.75 Å². The molecule has 1 aliphatic rings. The molecule has 1 amide bonds. The number of carbonyl (C=O) groups is 1. The van der Waals surface area contributed by atoms with Crippen LogP contribution in [-0.2, 0) is 0 Å². The van der Waals surface area contributed by atoms with Crippen molar-refractivity contribution in [3.8, 4) is 5.75 Å². The smallest absolute Gasteiger partial charge is 0.254 e. The van der Waals surface area contributed by atoms with Crippen molar-refractivity contribution >= 4 is 5.91 Å². The summed E-state index contributed by atoms with van der Waals surface area (Å²) < 4.78 is 7.31. The molecule has 1 aliphatic heterocycles. The molecule has 122 valence electrons. The second kappa shape index (κ2) is 6.40. The molecule has 0 saturated carbocycles. The highest BCUT2D eigenvalue weighted by Crippen LogP contribution is 2.26. The van der Waals surface area contributed by atoms with Gasteiger partial charge in [0.25, 0.3) is 5.91 Å². The summed E-state index contributed by atoms with van der Waals surface area (Å²) in [4.78, 5) is 14.6. The summed E-state index contributed by atoms with van der Waals surface area (Å²) in [5.41, 5.74) is 0.665. The Morgan fingerprint density at radius 2 is 2.22 bits per heavy atom. The average Bonchev–Trinajstić information content (AvgIpc) is 3.22. The molecule has 6 heteroatoms. The molecule has 1 atom stereocenters. The molecule has 0 aliphatic carbocycles. The fourth-order valence-corrected chi connectivity index (χ4v) is 3.04. The third kappa shape index (κ3) is 3.06. The van der Waals surface area contributed by atoms with E-state index in [1.807, 2.05) is 23.1 Å². The van der Waals surface area contributed by atoms with Crippen LogP contribution in [0.2, 0.25) is 0 Å². The van der Waals surface area contributed by atoms with E-state index in [1.54, 1.807) is 19.5 Å². The summed E-state index contributed by atoms with van der Waals surface area (Å²) >= 11 is 0. The van der Waals surface area contributed by atoms with E-state index >= 15 is 0 Å². The van der Waals surface area contributed by atoms with E-state index in [1.165, 1.54) is 0 Å². The Labute approximate surface area is 136 Å². The van der Waals surface area contributed by atoms with E-state index in [-0.39, 0.29) is 11.9 Å². The van der Waals surface area contributed by atoms with Crippen molar-refractivity contribution in [2.45, 2.75) is 32.2 Å². The van der Waals surface area contributed by atoms with Crippen molar-refractivity contribution in [1.82, 2.24) is 19.7 Å². The zero-order chi connectivity index (χ0) is 16.4. The second-order valence-electron chi connectivity index (χ2n) is 6.18. The van der Waals surface area contributed by atoms with Crippen LogP contribution >= 0.6 is 0 Å². The molecule has 6 nitrogen and oxygen atoms in total. The Bertz CT molecular complexity index is 695. The molecule has 1 unspecified atom stereocenters. The van der Waals surface area contributed by atoms with Gasteiger partial charge in [0.2, 0.25) is 0 Å². The van der Waals surface area contributed by atoms with Gasteiger partial charge < -0.3 is 14.2 Å². The number of ether oxygens (including phenoxy) is 1. The molecule has 1 aromatic heterocycles. The summed E-state index contributed by atoms with van der Waals surface area (Å²) in [5, 5.41) is 8.24. The first-order chi connectivity index (χ1) is 11.1. The van der Waals surface area contributed by atoms with Gasteiger partial charge in [-0.3, -0.25) is 4.79 Å². The largest absolute Gasteiger partial charge is 0.497 e. The van der Waals surface area contributed by atoms with Crippen LogP contribution in [0.3, 0.4) is 0 Å². The zero-order valence-corrected chi connectivity index (χ0v) is 13.8. The van der Waals surface area contributed by atoms with Gasteiger partial charge >= 0.3 is 0 Å². The highest BCUT2D eigenvalue weighted by Gasteiger charge is 2.29. The van der Waals surface area contributed by atoms with E-state index in [4.69, 9.17) is 4.74 Å². The quantitative estimate of drug-likeness (QED) is 0.870. The number of carbonyl (C=O) groups excluding carboxylic acids is 1. The van der Waals surface area contributed by atoms with Gasteiger partial charge in [0, 0.05) is 24.6 Å². The van der Waals surface area contributed by atoms with Gasteiger partial charge in [-0.25, -0.2) is 0 Å². The number of hydrogen-bond acceptors (Lipinski definition) is 4. The Hall–Kier alpha value is -2.37. The lowest BCUT2D eigenvalue weighted by molar-refractivity contribution is 0.0787. The number of aromatic nitrogens is 3. The standard InChI is InChI=1S/C17H22N4O2/c1-12(2)16-19-18-11-21(16)14-7-8-20(10-14)17(22)13-5-4-6-15(9-13)23-3/h4-6,9,11-12,14H,7-8,10H2,1-3H3. The minimum Gasteiger partial charge on any atom is -0.497 e. The Balaban J connectivity index is 1.74. The molecule has 0 spiro atoms. The van der Waals surface area contributed by atoms with Crippen LogP contribution in [0, 0.1) is 0 Å². The highest BCUT2D eigenvalue weighted by atomic mass is 16.5. The Morgan fingerprint density at radius 3 is 2.96 bits per heavy atom. The normalized spacial score (nSPS) is 17.7. The molecule has 1 fully saturated rings. The Morgan fingerprint density at radius 1 is 1.39 bits per heavy atom. The van der Waals surface area contributed by atoms with E-state index in [0.717, 1.165) is 18.8 Å². The molecule has 2 heterocycles. The third-order valence-corrected chi connectivity index (χ3v) is 4.28. The predicted molar refractivity (Wildman–Crippen MR) is 86.7 cm³/mol. The molecule has 0 radical (unpaired) electrons. The van der Waals surface area contributed by atoms with Crippen LogP contribution in [0.15, 0.2) is 30.6 Å². The van der Waals surface area contributed by atoms with Crippen LogP contribution < -0.4 is 4.74 Å². The van der Waals surface area contributed by atoms with Crippen LogP contribution in [-0.4, -0.2) is 45.8 Å². The van der Waals surface area contributed by atoms with Gasteiger partial charge in [-0.05, 0) is 24.6 Å². The van der Waals surface area contributed by atoms with Crippen molar-refractivity contribution in [2.75, 3.05) is 20.2 Å². The lowest BCUT2D eigenvalue weighted by Crippen LogP contribution is -2.29. The number of amides is 1. The van der Waals surface area contributed by atoms with Crippen molar-refractivity contribution < 1.29 is 9.53 Å². The molecule has 3 rings (SSSR count). The number of rotatable bonds is 4. The molecule has 2 aromatic rings. The van der Waals surface area contributed by atoms with Crippen LogP contribution in [0.1, 0.15) is 48.4 Å². The summed E-state index contributed by atoms with van der Waals surface area (Å²) in [5.74, 6) is 2.05. The second-order valence-corrected chi connectivity index (χ2v) is 6.18. The van der Waals surface area contributed by atoms with Gasteiger partial charge in [-0.15, -0.1) is 10.2 Å². The number of nitrogens with zero attached hydrogens (tertiary/aromatic N) is 4. The fraction of sp³-hybridized carbons (Fsp3) is 0.471. The van der Waals surface area contributed by atoms with Crippen LogP contribution in [0.4, 0.5) is 0 Å². The first-order valence-corrected chi connectivity index (χ1v) is 7.93.